The Labute approximate surface area is 204 Å². The van der Waals surface area contributed by atoms with Crippen LogP contribution in [-0.4, -0.2) is 11.7 Å². The summed E-state index contributed by atoms with van der Waals surface area (Å²) in [6.07, 6.45) is 0. The molecule has 27 heavy (non-hydrogen) atoms. The molecular formula is C18H4Br6N2O. The molecule has 0 spiro atoms. The van der Waals surface area contributed by atoms with E-state index in [9.17, 15) is 4.79 Å². The summed E-state index contributed by atoms with van der Waals surface area (Å²) in [6, 6.07) is 7.99. The van der Waals surface area contributed by atoms with E-state index in [-0.39, 0.29) is 5.91 Å². The molecule has 0 saturated heterocycles. The van der Waals surface area contributed by atoms with Gasteiger partial charge in [-0.3, -0.25) is 9.69 Å². The smallest absolute Gasteiger partial charge is 0.266 e. The van der Waals surface area contributed by atoms with E-state index in [4.69, 9.17) is 4.99 Å². The van der Waals surface area contributed by atoms with Gasteiger partial charge in [-0.05, 0) is 113 Å². The summed E-state index contributed by atoms with van der Waals surface area (Å²) in [5, 5.41) is 1.97. The van der Waals surface area contributed by atoms with Gasteiger partial charge < -0.3 is 0 Å². The lowest BCUT2D eigenvalue weighted by Gasteiger charge is -2.26. The van der Waals surface area contributed by atoms with Gasteiger partial charge in [0.1, 0.15) is 5.84 Å². The zero-order chi connectivity index (χ0) is 19.2. The van der Waals surface area contributed by atoms with Gasteiger partial charge in [-0.2, -0.15) is 0 Å². The fourth-order valence-corrected chi connectivity index (χ4v) is 6.84. The fourth-order valence-electron chi connectivity index (χ4n) is 3.45. The molecule has 9 heteroatoms. The maximum Gasteiger partial charge on any atom is 0.266 e. The number of nitrogens with zero attached hydrogens (tertiary/aromatic N) is 2. The maximum absolute atomic E-state index is 13.5. The molecule has 0 radical (unpaired) electrons. The summed E-state index contributed by atoms with van der Waals surface area (Å²) in [7, 11) is 0. The lowest BCUT2D eigenvalue weighted by atomic mass is 10.0. The van der Waals surface area contributed by atoms with E-state index in [1.165, 1.54) is 0 Å². The quantitative estimate of drug-likeness (QED) is 0.168. The molecule has 134 valence electrons. The summed E-state index contributed by atoms with van der Waals surface area (Å²) in [5.41, 5.74) is 2.97. The van der Waals surface area contributed by atoms with Gasteiger partial charge in [0.15, 0.2) is 0 Å². The second kappa shape index (κ2) is 6.47. The van der Waals surface area contributed by atoms with Crippen molar-refractivity contribution in [2.24, 2.45) is 4.99 Å². The van der Waals surface area contributed by atoms with Crippen molar-refractivity contribution in [2.75, 3.05) is 4.90 Å². The third kappa shape index (κ3) is 2.45. The van der Waals surface area contributed by atoms with E-state index in [0.717, 1.165) is 50.1 Å². The Balaban J connectivity index is 1.96. The van der Waals surface area contributed by atoms with E-state index >= 15 is 0 Å². The Bertz CT molecular complexity index is 1270. The molecule has 1 amide bonds. The first kappa shape index (κ1) is 18.9. The van der Waals surface area contributed by atoms with Gasteiger partial charge >= 0.3 is 0 Å². The van der Waals surface area contributed by atoms with Crippen LogP contribution >= 0.6 is 95.6 Å². The molecule has 0 unspecified atom stereocenters. The summed E-state index contributed by atoms with van der Waals surface area (Å²) >= 11 is 21.6. The Hall–Kier alpha value is -0.0600. The lowest BCUT2D eigenvalue weighted by Crippen LogP contribution is -2.32. The Morgan fingerprint density at radius 1 is 0.815 bits per heavy atom. The molecule has 0 aliphatic carbocycles. The summed E-state index contributed by atoms with van der Waals surface area (Å²) < 4.78 is 4.78. The monoisotopic (exact) mass is 738 g/mol. The number of carbonyl (C=O) groups excluding carboxylic acids is 1. The Kier molecular flexibility index (Phi) is 4.54. The van der Waals surface area contributed by atoms with Gasteiger partial charge in [-0.25, -0.2) is 4.99 Å². The van der Waals surface area contributed by atoms with E-state index in [1.807, 2.05) is 24.3 Å². The number of anilines is 1. The molecule has 0 bridgehead atoms. The minimum Gasteiger partial charge on any atom is -0.268 e. The van der Waals surface area contributed by atoms with Crippen molar-refractivity contribution in [1.82, 2.24) is 0 Å². The number of aliphatic imine (C=N–C) groups is 1. The van der Waals surface area contributed by atoms with Crippen molar-refractivity contribution >= 4 is 129 Å². The summed E-state index contributed by atoms with van der Waals surface area (Å²) in [4.78, 5) is 20.0. The molecule has 2 aliphatic heterocycles. The van der Waals surface area contributed by atoms with Crippen LogP contribution in [0, 0.1) is 0 Å². The van der Waals surface area contributed by atoms with Gasteiger partial charge in [0.2, 0.25) is 0 Å². The van der Waals surface area contributed by atoms with Gasteiger partial charge in [0.25, 0.3) is 5.91 Å². The molecule has 0 atom stereocenters. The molecule has 5 rings (SSSR count). The average Bonchev–Trinajstić information content (AvgIpc) is 2.94. The number of rotatable bonds is 0. The van der Waals surface area contributed by atoms with Crippen LogP contribution in [0.2, 0.25) is 0 Å². The number of hydrogen-bond donors (Lipinski definition) is 0. The van der Waals surface area contributed by atoms with Crippen molar-refractivity contribution in [3.63, 3.8) is 0 Å². The topological polar surface area (TPSA) is 32.7 Å². The summed E-state index contributed by atoms with van der Waals surface area (Å²) in [5.74, 6) is 0.480. The van der Waals surface area contributed by atoms with Crippen LogP contribution in [0.1, 0.15) is 15.9 Å². The van der Waals surface area contributed by atoms with Crippen molar-refractivity contribution < 1.29 is 4.79 Å². The van der Waals surface area contributed by atoms with Crippen LogP contribution in [0.5, 0.6) is 0 Å². The standard InChI is InChI=1S/C18H4Br6N2O/c19-6-4-5-2-1-3-7-8(5)16(11(6)20)26-17(25-7)9-10(18(26)27)13(22)15(24)14(23)12(9)21/h1-4H. The Morgan fingerprint density at radius 3 is 2.19 bits per heavy atom. The van der Waals surface area contributed by atoms with Gasteiger partial charge in [-0.1, -0.05) is 12.1 Å². The highest BCUT2D eigenvalue weighted by Crippen LogP contribution is 2.52. The molecule has 0 aromatic heterocycles. The number of amides is 1. The van der Waals surface area contributed by atoms with Crippen LogP contribution in [0.15, 0.2) is 56.1 Å². The minimum atomic E-state index is -0.126. The van der Waals surface area contributed by atoms with E-state index < -0.39 is 0 Å². The van der Waals surface area contributed by atoms with Crippen LogP contribution in [0.25, 0.3) is 10.8 Å². The molecule has 2 heterocycles. The number of halogens is 6. The van der Waals surface area contributed by atoms with E-state index in [2.05, 4.69) is 95.6 Å². The second-order valence-electron chi connectivity index (χ2n) is 5.98. The van der Waals surface area contributed by atoms with Crippen LogP contribution in [0.3, 0.4) is 0 Å². The van der Waals surface area contributed by atoms with Crippen LogP contribution < -0.4 is 4.90 Å². The average molecular weight is 744 g/mol. The molecule has 0 N–H and O–H groups in total. The number of hydrogen-bond acceptors (Lipinski definition) is 2. The fraction of sp³-hybridized carbons (Fsp3) is 0. The third-order valence-corrected chi connectivity index (χ3v) is 11.3. The first-order valence-corrected chi connectivity index (χ1v) is 12.3. The number of amidine groups is 1. The Morgan fingerprint density at radius 2 is 1.48 bits per heavy atom. The number of fused-ring (bicyclic) bond motifs is 4. The van der Waals surface area contributed by atoms with Crippen LogP contribution in [-0.2, 0) is 0 Å². The second-order valence-corrected chi connectivity index (χ2v) is 10.8. The van der Waals surface area contributed by atoms with Crippen LogP contribution in [0.4, 0.5) is 11.4 Å². The molecule has 3 aromatic carbocycles. The number of carbonyl (C=O) groups is 1. The summed E-state index contributed by atoms with van der Waals surface area (Å²) in [6.45, 7) is 0. The molecule has 3 aromatic rings. The predicted molar refractivity (Wildman–Crippen MR) is 130 cm³/mol. The first-order chi connectivity index (χ1) is 12.8. The number of benzene rings is 3. The van der Waals surface area contributed by atoms with Crippen molar-refractivity contribution in [3.05, 3.63) is 62.2 Å². The highest BCUT2D eigenvalue weighted by Gasteiger charge is 2.43. The zero-order valence-corrected chi connectivity index (χ0v) is 22.4. The zero-order valence-electron chi connectivity index (χ0n) is 12.9. The SMILES string of the molecule is O=C1c2c(Br)c(Br)c(Br)c(Br)c2C2=Nc3cccc4cc(Br)c(Br)c(c34)N12. The van der Waals surface area contributed by atoms with Gasteiger partial charge in [0, 0.05) is 33.3 Å². The first-order valence-electron chi connectivity index (χ1n) is 7.53. The van der Waals surface area contributed by atoms with E-state index in [1.54, 1.807) is 4.90 Å². The normalized spacial score (nSPS) is 14.5. The van der Waals surface area contributed by atoms with Crippen molar-refractivity contribution in [2.45, 2.75) is 0 Å². The minimum absolute atomic E-state index is 0.126. The predicted octanol–water partition coefficient (Wildman–Crippen LogP) is 8.47. The third-order valence-electron chi connectivity index (χ3n) is 4.58. The van der Waals surface area contributed by atoms with Crippen molar-refractivity contribution in [3.8, 4) is 0 Å². The molecule has 3 nitrogen and oxygen atoms in total. The van der Waals surface area contributed by atoms with Crippen molar-refractivity contribution in [1.29, 1.82) is 0 Å². The maximum atomic E-state index is 13.5. The van der Waals surface area contributed by atoms with Gasteiger partial charge in [-0.15, -0.1) is 0 Å². The lowest BCUT2D eigenvalue weighted by molar-refractivity contribution is 0.101. The largest absolute Gasteiger partial charge is 0.268 e. The van der Waals surface area contributed by atoms with E-state index in [0.29, 0.717) is 15.9 Å². The highest BCUT2D eigenvalue weighted by molar-refractivity contribution is 9.15. The molecule has 0 saturated carbocycles. The van der Waals surface area contributed by atoms with Gasteiger partial charge in [0.05, 0.1) is 21.4 Å². The highest BCUT2D eigenvalue weighted by atomic mass is 79.9. The molecular weight excluding hydrogens is 740 g/mol. The molecule has 2 aliphatic rings. The molecule has 0 fully saturated rings.